The summed E-state index contributed by atoms with van der Waals surface area (Å²) in [5.41, 5.74) is 0. The van der Waals surface area contributed by atoms with E-state index in [1.54, 1.807) is 17.4 Å². The molecule has 0 aromatic carbocycles. The molecule has 0 aliphatic carbocycles. The second-order valence-corrected chi connectivity index (χ2v) is 2.87. The smallest absolute Gasteiger partial charge is 0.115 e. The predicted octanol–water partition coefficient (Wildman–Crippen LogP) is 2.35. The van der Waals surface area contributed by atoms with E-state index in [1.807, 2.05) is 6.20 Å². The van der Waals surface area contributed by atoms with Crippen molar-refractivity contribution in [3.63, 3.8) is 0 Å². The van der Waals surface area contributed by atoms with Gasteiger partial charge in [-0.25, -0.2) is 4.98 Å². The summed E-state index contributed by atoms with van der Waals surface area (Å²) >= 11 is 1.70. The largest absolute Gasteiger partial charge is 0.245 e. The molecule has 0 N–H and O–H groups in total. The minimum atomic E-state index is 1.02. The maximum absolute atomic E-state index is 4.11. The highest BCUT2D eigenvalue weighted by molar-refractivity contribution is 7.12. The Kier molecular flexibility index (Phi) is 2.01. The highest BCUT2D eigenvalue weighted by Crippen LogP contribution is 2.13. The van der Waals surface area contributed by atoms with Crippen LogP contribution in [0.25, 0.3) is 6.08 Å². The molecule has 0 spiro atoms. The van der Waals surface area contributed by atoms with Crippen molar-refractivity contribution >= 4 is 17.4 Å². The van der Waals surface area contributed by atoms with E-state index < -0.39 is 0 Å². The Morgan fingerprint density at radius 1 is 1.89 bits per heavy atom. The van der Waals surface area contributed by atoms with Crippen LogP contribution in [-0.2, 0) is 6.42 Å². The van der Waals surface area contributed by atoms with Gasteiger partial charge in [0.1, 0.15) is 5.01 Å². The van der Waals surface area contributed by atoms with E-state index in [9.17, 15) is 0 Å². The minimum Gasteiger partial charge on any atom is -0.245 e. The number of aryl methyl sites for hydroxylation is 1. The average Bonchev–Trinajstić information content (AvgIpc) is 2.34. The van der Waals surface area contributed by atoms with Crippen molar-refractivity contribution in [1.82, 2.24) is 4.98 Å². The van der Waals surface area contributed by atoms with Gasteiger partial charge in [0.15, 0.2) is 0 Å². The van der Waals surface area contributed by atoms with Crippen molar-refractivity contribution in [2.75, 3.05) is 0 Å². The molecule has 1 heterocycles. The van der Waals surface area contributed by atoms with Crippen LogP contribution in [0.15, 0.2) is 12.8 Å². The lowest BCUT2D eigenvalue weighted by Crippen LogP contribution is -1.64. The third-order valence-corrected chi connectivity index (χ3v) is 2.23. The molecule has 2 heteroatoms. The Hall–Kier alpha value is -0.630. The highest BCUT2D eigenvalue weighted by atomic mass is 32.1. The summed E-state index contributed by atoms with van der Waals surface area (Å²) in [6.45, 7) is 5.75. The van der Waals surface area contributed by atoms with Crippen molar-refractivity contribution in [2.24, 2.45) is 0 Å². The first-order chi connectivity index (χ1) is 4.36. The third kappa shape index (κ3) is 1.39. The zero-order valence-corrected chi connectivity index (χ0v) is 6.24. The van der Waals surface area contributed by atoms with E-state index in [4.69, 9.17) is 0 Å². The first-order valence-electron chi connectivity index (χ1n) is 2.94. The summed E-state index contributed by atoms with van der Waals surface area (Å²) in [7, 11) is 0. The molecular weight excluding hydrogens is 130 g/mol. The van der Waals surface area contributed by atoms with Crippen molar-refractivity contribution in [3.8, 4) is 0 Å². The van der Waals surface area contributed by atoms with Crippen LogP contribution >= 0.6 is 11.3 Å². The number of aromatic nitrogens is 1. The summed E-state index contributed by atoms with van der Waals surface area (Å²) in [6.07, 6.45) is 4.76. The third-order valence-electron chi connectivity index (χ3n) is 1.09. The van der Waals surface area contributed by atoms with Gasteiger partial charge in [-0.2, -0.15) is 0 Å². The quantitative estimate of drug-likeness (QED) is 0.613. The molecule has 0 aliphatic heterocycles. The van der Waals surface area contributed by atoms with Crippen LogP contribution < -0.4 is 0 Å². The molecule has 1 rings (SSSR count). The van der Waals surface area contributed by atoms with Gasteiger partial charge in [-0.15, -0.1) is 11.3 Å². The van der Waals surface area contributed by atoms with E-state index in [2.05, 4.69) is 18.5 Å². The molecule has 1 aromatic heterocycles. The van der Waals surface area contributed by atoms with Gasteiger partial charge in [-0.3, -0.25) is 0 Å². The van der Waals surface area contributed by atoms with E-state index in [1.165, 1.54) is 4.88 Å². The number of thiazole rings is 1. The van der Waals surface area contributed by atoms with Crippen LogP contribution in [0, 0.1) is 0 Å². The van der Waals surface area contributed by atoms with Crippen LogP contribution in [0.5, 0.6) is 0 Å². The van der Waals surface area contributed by atoms with E-state index >= 15 is 0 Å². The predicted molar refractivity (Wildman–Crippen MR) is 41.6 cm³/mol. The molecule has 48 valence electrons. The van der Waals surface area contributed by atoms with Crippen molar-refractivity contribution in [2.45, 2.75) is 13.3 Å². The first-order valence-corrected chi connectivity index (χ1v) is 3.75. The second kappa shape index (κ2) is 2.78. The van der Waals surface area contributed by atoms with Gasteiger partial charge in [0.2, 0.25) is 0 Å². The summed E-state index contributed by atoms with van der Waals surface area (Å²) in [6, 6.07) is 0. The van der Waals surface area contributed by atoms with Crippen LogP contribution in [0.4, 0.5) is 0 Å². The second-order valence-electron chi connectivity index (χ2n) is 1.72. The number of hydrogen-bond acceptors (Lipinski definition) is 2. The number of hydrogen-bond donors (Lipinski definition) is 0. The fraction of sp³-hybridized carbons (Fsp3) is 0.286. The summed E-state index contributed by atoms with van der Waals surface area (Å²) in [5, 5.41) is 1.02. The van der Waals surface area contributed by atoms with Crippen molar-refractivity contribution in [1.29, 1.82) is 0 Å². The van der Waals surface area contributed by atoms with Crippen molar-refractivity contribution in [3.05, 3.63) is 22.7 Å². The maximum Gasteiger partial charge on any atom is 0.115 e. The SMILES string of the molecule is C=Cc1ncc(CC)s1. The Morgan fingerprint density at radius 3 is 3.00 bits per heavy atom. The van der Waals surface area contributed by atoms with E-state index in [0.717, 1.165) is 11.4 Å². The Balaban J connectivity index is 2.86. The monoisotopic (exact) mass is 139 g/mol. The lowest BCUT2D eigenvalue weighted by Gasteiger charge is -1.78. The number of nitrogens with zero attached hydrogens (tertiary/aromatic N) is 1. The highest BCUT2D eigenvalue weighted by Gasteiger charge is 1.93. The van der Waals surface area contributed by atoms with Crippen LogP contribution in [0.2, 0.25) is 0 Å². The van der Waals surface area contributed by atoms with Crippen LogP contribution in [-0.4, -0.2) is 4.98 Å². The maximum atomic E-state index is 4.11. The molecule has 0 amide bonds. The molecule has 0 saturated heterocycles. The summed E-state index contributed by atoms with van der Waals surface area (Å²) < 4.78 is 0. The molecule has 1 nitrogen and oxygen atoms in total. The number of rotatable bonds is 2. The van der Waals surface area contributed by atoms with Gasteiger partial charge in [0.05, 0.1) is 0 Å². The van der Waals surface area contributed by atoms with E-state index in [-0.39, 0.29) is 0 Å². The normalized spacial score (nSPS) is 9.44. The zero-order chi connectivity index (χ0) is 6.69. The Labute approximate surface area is 59.1 Å². The topological polar surface area (TPSA) is 12.9 Å². The fourth-order valence-electron chi connectivity index (χ4n) is 0.580. The van der Waals surface area contributed by atoms with Gasteiger partial charge < -0.3 is 0 Å². The molecule has 0 saturated carbocycles. The van der Waals surface area contributed by atoms with Gasteiger partial charge in [-0.05, 0) is 12.5 Å². The van der Waals surface area contributed by atoms with E-state index in [0.29, 0.717) is 0 Å². The average molecular weight is 139 g/mol. The molecule has 0 fully saturated rings. The molecule has 9 heavy (non-hydrogen) atoms. The van der Waals surface area contributed by atoms with Gasteiger partial charge in [0, 0.05) is 11.1 Å². The van der Waals surface area contributed by atoms with Crippen LogP contribution in [0.1, 0.15) is 16.8 Å². The molecule has 0 bridgehead atoms. The standard InChI is InChI=1S/C7H9NS/c1-3-6-5-8-7(4-2)9-6/h4-5H,2-3H2,1H3. The molecule has 0 atom stereocenters. The molecule has 0 radical (unpaired) electrons. The Morgan fingerprint density at radius 2 is 2.67 bits per heavy atom. The summed E-state index contributed by atoms with van der Waals surface area (Å²) in [5.74, 6) is 0. The van der Waals surface area contributed by atoms with Gasteiger partial charge >= 0.3 is 0 Å². The van der Waals surface area contributed by atoms with Gasteiger partial charge in [-0.1, -0.05) is 13.5 Å². The van der Waals surface area contributed by atoms with Crippen LogP contribution in [0.3, 0.4) is 0 Å². The summed E-state index contributed by atoms with van der Waals surface area (Å²) in [4.78, 5) is 5.43. The molecule has 0 aliphatic rings. The zero-order valence-electron chi connectivity index (χ0n) is 5.42. The molecule has 0 unspecified atom stereocenters. The first kappa shape index (κ1) is 6.49. The fourth-order valence-corrected chi connectivity index (χ4v) is 1.29. The molecular formula is C7H9NS. The molecule has 1 aromatic rings. The Bertz CT molecular complexity index is 202. The lowest BCUT2D eigenvalue weighted by atomic mass is 10.4. The van der Waals surface area contributed by atoms with Crippen molar-refractivity contribution < 1.29 is 0 Å². The lowest BCUT2D eigenvalue weighted by molar-refractivity contribution is 1.17. The minimum absolute atomic E-state index is 1.02. The van der Waals surface area contributed by atoms with Gasteiger partial charge in [0.25, 0.3) is 0 Å².